The summed E-state index contributed by atoms with van der Waals surface area (Å²) in [6.07, 6.45) is 0. The summed E-state index contributed by atoms with van der Waals surface area (Å²) in [5.41, 5.74) is 0.470. The van der Waals surface area contributed by atoms with Gasteiger partial charge in [-0.3, -0.25) is 9.69 Å². The molecule has 0 spiro atoms. The van der Waals surface area contributed by atoms with Crippen molar-refractivity contribution in [1.82, 2.24) is 0 Å². The van der Waals surface area contributed by atoms with Gasteiger partial charge in [0.05, 0.1) is 0 Å². The van der Waals surface area contributed by atoms with Crippen LogP contribution in [0.5, 0.6) is 0 Å². The van der Waals surface area contributed by atoms with E-state index in [0.717, 1.165) is 0 Å². The number of nitrogens with two attached hydrogens (primary N) is 1. The molecule has 0 radical (unpaired) electrons. The quantitative estimate of drug-likeness (QED) is 0.589. The maximum absolute atomic E-state index is 10.8. The van der Waals surface area contributed by atoms with Gasteiger partial charge in [-0.15, -0.1) is 0 Å². The second-order valence-electron chi connectivity index (χ2n) is 2.39. The molecule has 0 saturated carbocycles. The highest BCUT2D eigenvalue weighted by Crippen LogP contribution is 2.28. The fourth-order valence-electron chi connectivity index (χ4n) is 0.931. The third kappa shape index (κ3) is 2.70. The van der Waals surface area contributed by atoms with E-state index in [1.54, 1.807) is 30.3 Å². The molecule has 1 rings (SSSR count). The van der Waals surface area contributed by atoms with Gasteiger partial charge >= 0.3 is 0 Å². The van der Waals surface area contributed by atoms with Crippen LogP contribution >= 0.6 is 11.9 Å². The summed E-state index contributed by atoms with van der Waals surface area (Å²) in [4.78, 5) is 0. The average molecular weight is 219 g/mol. The van der Waals surface area contributed by atoms with E-state index < -0.39 is 14.7 Å². The fraction of sp³-hybridized carbons (Fsp3) is 0.143. The first-order valence-corrected chi connectivity index (χ1v) is 5.87. The molecule has 4 nitrogen and oxygen atoms in total. The molecule has 1 unspecified atom stereocenters. The van der Waals surface area contributed by atoms with E-state index in [0.29, 0.717) is 17.5 Å². The average Bonchev–Trinajstić information content (AvgIpc) is 2.05. The highest BCUT2D eigenvalue weighted by molar-refractivity contribution is 8.09. The predicted molar refractivity (Wildman–Crippen MR) is 52.5 cm³/mol. The Morgan fingerprint density at radius 2 is 1.85 bits per heavy atom. The summed E-state index contributed by atoms with van der Waals surface area (Å²) in [5.74, 6) is 0. The lowest BCUT2D eigenvalue weighted by Gasteiger charge is -2.09. The first-order valence-electron chi connectivity index (χ1n) is 3.42. The molecule has 3 N–H and O–H groups in total. The number of rotatable bonds is 3. The van der Waals surface area contributed by atoms with E-state index in [-0.39, 0.29) is 0 Å². The third-order valence-corrected chi connectivity index (χ3v) is 3.86. The van der Waals surface area contributed by atoms with Gasteiger partial charge in [0.15, 0.2) is 4.58 Å². The standard InChI is InChI=1S/C7H9NO3S2/c8-12-7(13(9,10)11)6-4-2-1-3-5-6/h1-5,7H,8H2,(H,9,10,11). The molecule has 0 heterocycles. The van der Waals surface area contributed by atoms with Crippen LogP contribution in [0.2, 0.25) is 0 Å². The van der Waals surface area contributed by atoms with Crippen molar-refractivity contribution < 1.29 is 13.0 Å². The summed E-state index contributed by atoms with van der Waals surface area (Å²) in [7, 11) is -4.13. The minimum atomic E-state index is -4.13. The molecule has 1 aromatic rings. The summed E-state index contributed by atoms with van der Waals surface area (Å²) in [6.45, 7) is 0. The maximum atomic E-state index is 10.8. The molecular weight excluding hydrogens is 210 g/mol. The Labute approximate surface area is 81.0 Å². The Hall–Kier alpha value is -0.560. The highest BCUT2D eigenvalue weighted by atomic mass is 32.3. The zero-order valence-corrected chi connectivity index (χ0v) is 8.25. The second kappa shape index (κ2) is 4.10. The third-order valence-electron chi connectivity index (χ3n) is 1.47. The van der Waals surface area contributed by atoms with Crippen molar-refractivity contribution in [1.29, 1.82) is 0 Å². The van der Waals surface area contributed by atoms with E-state index in [1.807, 2.05) is 0 Å². The molecule has 0 aliphatic rings. The number of hydrogen-bond acceptors (Lipinski definition) is 4. The molecular formula is C7H9NO3S2. The van der Waals surface area contributed by atoms with E-state index in [1.165, 1.54) is 0 Å². The number of benzene rings is 1. The van der Waals surface area contributed by atoms with Crippen molar-refractivity contribution in [2.24, 2.45) is 5.14 Å². The largest absolute Gasteiger partial charge is 0.284 e. The normalized spacial score (nSPS) is 14.0. The smallest absolute Gasteiger partial charge is 0.282 e. The topological polar surface area (TPSA) is 80.4 Å². The van der Waals surface area contributed by atoms with Crippen molar-refractivity contribution in [2.45, 2.75) is 4.58 Å². The zero-order chi connectivity index (χ0) is 9.90. The lowest BCUT2D eigenvalue weighted by Crippen LogP contribution is -2.10. The monoisotopic (exact) mass is 219 g/mol. The summed E-state index contributed by atoms with van der Waals surface area (Å²) >= 11 is 0.592. The summed E-state index contributed by atoms with van der Waals surface area (Å²) < 4.78 is 29.3. The van der Waals surface area contributed by atoms with Crippen LogP contribution < -0.4 is 5.14 Å². The van der Waals surface area contributed by atoms with Gasteiger partial charge in [0.2, 0.25) is 0 Å². The Morgan fingerprint density at radius 3 is 2.23 bits per heavy atom. The molecule has 13 heavy (non-hydrogen) atoms. The molecule has 1 aromatic carbocycles. The summed E-state index contributed by atoms with van der Waals surface area (Å²) in [5, 5.41) is 5.17. The van der Waals surface area contributed by atoms with Crippen molar-refractivity contribution in [3.63, 3.8) is 0 Å². The van der Waals surface area contributed by atoms with Crippen molar-refractivity contribution in [3.05, 3.63) is 35.9 Å². The van der Waals surface area contributed by atoms with Gasteiger partial charge in [0.25, 0.3) is 10.1 Å². The molecule has 0 aromatic heterocycles. The molecule has 0 bridgehead atoms. The molecule has 1 atom stereocenters. The van der Waals surface area contributed by atoms with Gasteiger partial charge in [0, 0.05) is 0 Å². The zero-order valence-electron chi connectivity index (χ0n) is 6.62. The van der Waals surface area contributed by atoms with Gasteiger partial charge < -0.3 is 0 Å². The van der Waals surface area contributed by atoms with Crippen LogP contribution in [-0.2, 0) is 10.1 Å². The van der Waals surface area contributed by atoms with Gasteiger partial charge in [-0.2, -0.15) is 8.42 Å². The van der Waals surface area contributed by atoms with Crippen molar-refractivity contribution in [2.75, 3.05) is 0 Å². The first-order chi connectivity index (χ1) is 6.05. The molecule has 72 valence electrons. The Bertz CT molecular complexity index is 363. The molecule has 0 fully saturated rings. The Kier molecular flexibility index (Phi) is 3.32. The Morgan fingerprint density at radius 1 is 1.31 bits per heavy atom. The minimum Gasteiger partial charge on any atom is -0.284 e. The predicted octanol–water partition coefficient (Wildman–Crippen LogP) is 1.18. The fourth-order valence-corrected chi connectivity index (χ4v) is 2.31. The van der Waals surface area contributed by atoms with Crippen LogP contribution in [0, 0.1) is 0 Å². The van der Waals surface area contributed by atoms with Crippen molar-refractivity contribution >= 4 is 22.1 Å². The van der Waals surface area contributed by atoms with E-state index in [9.17, 15) is 8.42 Å². The SMILES string of the molecule is NSC(c1ccccc1)S(=O)(=O)O. The van der Waals surface area contributed by atoms with E-state index in [2.05, 4.69) is 0 Å². The van der Waals surface area contributed by atoms with Crippen LogP contribution in [0.15, 0.2) is 30.3 Å². The van der Waals surface area contributed by atoms with Gasteiger partial charge in [-0.25, -0.2) is 0 Å². The molecule has 0 saturated heterocycles. The minimum absolute atomic E-state index is 0.470. The molecule has 0 aliphatic heterocycles. The number of hydrogen-bond donors (Lipinski definition) is 2. The van der Waals surface area contributed by atoms with Crippen LogP contribution in [0.1, 0.15) is 10.1 Å². The maximum Gasteiger partial charge on any atom is 0.282 e. The first kappa shape index (κ1) is 10.5. The van der Waals surface area contributed by atoms with Crippen LogP contribution in [0.4, 0.5) is 0 Å². The summed E-state index contributed by atoms with van der Waals surface area (Å²) in [6, 6.07) is 8.32. The molecule has 0 aliphatic carbocycles. The van der Waals surface area contributed by atoms with Gasteiger partial charge in [-0.05, 0) is 5.56 Å². The van der Waals surface area contributed by atoms with Crippen LogP contribution in [0.25, 0.3) is 0 Å². The second-order valence-corrected chi connectivity index (χ2v) is 4.94. The van der Waals surface area contributed by atoms with Gasteiger partial charge in [0.1, 0.15) is 0 Å². The van der Waals surface area contributed by atoms with Crippen LogP contribution in [0.3, 0.4) is 0 Å². The lowest BCUT2D eigenvalue weighted by molar-refractivity contribution is 0.481. The highest BCUT2D eigenvalue weighted by Gasteiger charge is 2.23. The Balaban J connectivity index is 3.06. The lowest BCUT2D eigenvalue weighted by atomic mass is 10.2. The van der Waals surface area contributed by atoms with E-state index >= 15 is 0 Å². The van der Waals surface area contributed by atoms with E-state index in [4.69, 9.17) is 9.69 Å². The van der Waals surface area contributed by atoms with Gasteiger partial charge in [-0.1, -0.05) is 42.3 Å². The van der Waals surface area contributed by atoms with Crippen molar-refractivity contribution in [3.8, 4) is 0 Å². The van der Waals surface area contributed by atoms with Crippen LogP contribution in [-0.4, -0.2) is 13.0 Å². The molecule has 0 amide bonds. The molecule has 6 heteroatoms.